The van der Waals surface area contributed by atoms with Crippen LogP contribution in [0.2, 0.25) is 0 Å². The second kappa shape index (κ2) is 11.6. The van der Waals surface area contributed by atoms with Crippen molar-refractivity contribution < 1.29 is 22.7 Å². The molecule has 2 saturated heterocycles. The molecule has 3 aromatic carbocycles. The predicted molar refractivity (Wildman–Crippen MR) is 149 cm³/mol. The van der Waals surface area contributed by atoms with E-state index in [2.05, 4.69) is 5.32 Å². The van der Waals surface area contributed by atoms with E-state index in [9.17, 15) is 18.0 Å². The maximum Gasteiger partial charge on any atom is 0.247 e. The third kappa shape index (κ3) is 6.15. The van der Waals surface area contributed by atoms with Crippen molar-refractivity contribution >= 4 is 27.5 Å². The van der Waals surface area contributed by atoms with Crippen LogP contribution in [-0.4, -0.2) is 55.1 Å². The van der Waals surface area contributed by atoms with Crippen LogP contribution in [0, 0.1) is 12.8 Å². The van der Waals surface area contributed by atoms with Gasteiger partial charge >= 0.3 is 0 Å². The van der Waals surface area contributed by atoms with Gasteiger partial charge in [-0.05, 0) is 81.1 Å². The number of rotatable bonds is 7. The van der Waals surface area contributed by atoms with Gasteiger partial charge in [-0.1, -0.05) is 35.9 Å². The molecular weight excluding hydrogens is 514 g/mol. The largest absolute Gasteiger partial charge is 0.457 e. The van der Waals surface area contributed by atoms with Gasteiger partial charge < -0.3 is 15.0 Å². The first-order valence-corrected chi connectivity index (χ1v) is 14.8. The van der Waals surface area contributed by atoms with E-state index in [0.29, 0.717) is 37.2 Å². The van der Waals surface area contributed by atoms with Crippen LogP contribution in [0.1, 0.15) is 31.2 Å². The summed E-state index contributed by atoms with van der Waals surface area (Å²) in [4.78, 5) is 28.5. The molecule has 0 bridgehead atoms. The number of sulfonamides is 1. The van der Waals surface area contributed by atoms with E-state index in [-0.39, 0.29) is 35.7 Å². The first-order chi connectivity index (χ1) is 18.8. The smallest absolute Gasteiger partial charge is 0.247 e. The number of likely N-dealkylation sites (tertiary alicyclic amines) is 1. The zero-order valence-corrected chi connectivity index (χ0v) is 22.8. The van der Waals surface area contributed by atoms with Gasteiger partial charge in [-0.3, -0.25) is 9.59 Å². The molecule has 2 heterocycles. The number of hydrogen-bond donors (Lipinski definition) is 1. The first kappa shape index (κ1) is 26.9. The van der Waals surface area contributed by atoms with Crippen molar-refractivity contribution in [3.05, 3.63) is 84.4 Å². The minimum absolute atomic E-state index is 0.0633. The summed E-state index contributed by atoms with van der Waals surface area (Å²) in [5, 5.41) is 2.94. The zero-order chi connectivity index (χ0) is 27.4. The molecule has 1 unspecified atom stereocenters. The van der Waals surface area contributed by atoms with Crippen LogP contribution < -0.4 is 10.1 Å². The fourth-order valence-corrected chi connectivity index (χ4v) is 6.67. The van der Waals surface area contributed by atoms with E-state index < -0.39 is 16.1 Å². The van der Waals surface area contributed by atoms with Gasteiger partial charge in [0.2, 0.25) is 21.8 Å². The highest BCUT2D eigenvalue weighted by Gasteiger charge is 2.39. The molecule has 2 aliphatic rings. The Morgan fingerprint density at radius 2 is 1.46 bits per heavy atom. The number of nitrogens with zero attached hydrogens (tertiary/aromatic N) is 2. The maximum atomic E-state index is 13.4. The van der Waals surface area contributed by atoms with Gasteiger partial charge in [0.25, 0.3) is 0 Å². The molecule has 2 fully saturated rings. The highest BCUT2D eigenvalue weighted by atomic mass is 32.2. The lowest BCUT2D eigenvalue weighted by Gasteiger charge is -2.34. The lowest BCUT2D eigenvalue weighted by atomic mass is 9.96. The predicted octanol–water partition coefficient (Wildman–Crippen LogP) is 4.82. The summed E-state index contributed by atoms with van der Waals surface area (Å²) in [6.07, 6.45) is 2.25. The lowest BCUT2D eigenvalue weighted by molar-refractivity contribution is -0.141. The van der Waals surface area contributed by atoms with Crippen molar-refractivity contribution in [3.8, 4) is 11.5 Å². The Bertz CT molecular complexity index is 1400. The van der Waals surface area contributed by atoms with Crippen LogP contribution in [0.4, 0.5) is 5.69 Å². The molecule has 0 aliphatic carbocycles. The zero-order valence-electron chi connectivity index (χ0n) is 22.0. The van der Waals surface area contributed by atoms with Gasteiger partial charge in [-0.2, -0.15) is 4.31 Å². The summed E-state index contributed by atoms with van der Waals surface area (Å²) >= 11 is 0. The number of benzene rings is 3. The lowest BCUT2D eigenvalue weighted by Crippen LogP contribution is -2.48. The minimum atomic E-state index is -3.59. The molecule has 0 saturated carbocycles. The molecular formula is C30H33N3O5S. The summed E-state index contributed by atoms with van der Waals surface area (Å²) in [5.74, 6) is 0.821. The van der Waals surface area contributed by atoms with Gasteiger partial charge in [-0.25, -0.2) is 8.42 Å². The Morgan fingerprint density at radius 3 is 2.13 bits per heavy atom. The van der Waals surface area contributed by atoms with Crippen LogP contribution in [0.25, 0.3) is 0 Å². The van der Waals surface area contributed by atoms with Crippen LogP contribution >= 0.6 is 0 Å². The molecule has 3 aromatic rings. The second-order valence-corrected chi connectivity index (χ2v) is 12.0. The highest BCUT2D eigenvalue weighted by molar-refractivity contribution is 7.89. The molecule has 0 radical (unpaired) electrons. The monoisotopic (exact) mass is 547 g/mol. The standard InChI is InChI=1S/C30H33N3O5S/c1-22-9-15-27(16-10-22)39(36,37)32-20-17-23(18-21-32)30(35)33-19-5-8-28(33)29(34)31-24-11-13-26(14-12-24)38-25-6-3-2-4-7-25/h2-4,6-7,9-16,23,28H,5,8,17-21H2,1H3,(H,31,34). The first-order valence-electron chi connectivity index (χ1n) is 13.3. The summed E-state index contributed by atoms with van der Waals surface area (Å²) in [5.41, 5.74) is 1.63. The number of amides is 2. The third-order valence-electron chi connectivity index (χ3n) is 7.40. The number of piperidine rings is 1. The maximum absolute atomic E-state index is 13.4. The number of hydrogen-bond acceptors (Lipinski definition) is 5. The topological polar surface area (TPSA) is 96.0 Å². The van der Waals surface area contributed by atoms with Crippen LogP contribution in [0.5, 0.6) is 11.5 Å². The van der Waals surface area contributed by atoms with E-state index in [1.54, 1.807) is 53.4 Å². The summed E-state index contributed by atoms with van der Waals surface area (Å²) in [6.45, 7) is 3.02. The van der Waals surface area contributed by atoms with Crippen LogP contribution in [0.3, 0.4) is 0 Å². The quantitative estimate of drug-likeness (QED) is 0.458. The van der Waals surface area contributed by atoms with E-state index in [1.807, 2.05) is 37.3 Å². The Hall–Kier alpha value is -3.69. The number of carbonyl (C=O) groups excluding carboxylic acids is 2. The Balaban J connectivity index is 1.16. The summed E-state index contributed by atoms with van der Waals surface area (Å²) in [7, 11) is -3.59. The SMILES string of the molecule is Cc1ccc(S(=O)(=O)N2CCC(C(=O)N3CCCC3C(=O)Nc3ccc(Oc4ccccc4)cc3)CC2)cc1. The van der Waals surface area contributed by atoms with Gasteiger partial charge in [0.05, 0.1) is 4.90 Å². The molecule has 8 nitrogen and oxygen atoms in total. The fourth-order valence-electron chi connectivity index (χ4n) is 5.20. The number of nitrogens with one attached hydrogen (secondary N) is 1. The molecule has 204 valence electrons. The average Bonchev–Trinajstić information content (AvgIpc) is 3.45. The number of anilines is 1. The van der Waals surface area contributed by atoms with E-state index in [1.165, 1.54) is 4.31 Å². The number of carbonyl (C=O) groups is 2. The Morgan fingerprint density at radius 1 is 0.821 bits per heavy atom. The van der Waals surface area contributed by atoms with E-state index >= 15 is 0 Å². The van der Waals surface area contributed by atoms with Gasteiger partial charge in [0, 0.05) is 31.2 Å². The molecule has 39 heavy (non-hydrogen) atoms. The van der Waals surface area contributed by atoms with E-state index in [4.69, 9.17) is 4.74 Å². The van der Waals surface area contributed by atoms with Gasteiger partial charge in [0.15, 0.2) is 0 Å². The van der Waals surface area contributed by atoms with Crippen LogP contribution in [0.15, 0.2) is 83.8 Å². The molecule has 1 atom stereocenters. The minimum Gasteiger partial charge on any atom is -0.457 e. The molecule has 2 aliphatic heterocycles. The number of ether oxygens (including phenoxy) is 1. The highest BCUT2D eigenvalue weighted by Crippen LogP contribution is 2.29. The van der Waals surface area contributed by atoms with Crippen molar-refractivity contribution in [2.24, 2.45) is 5.92 Å². The van der Waals surface area contributed by atoms with E-state index in [0.717, 1.165) is 17.7 Å². The number of aryl methyl sites for hydroxylation is 1. The number of para-hydroxylation sites is 1. The summed E-state index contributed by atoms with van der Waals surface area (Å²) < 4.78 is 33.3. The molecule has 9 heteroatoms. The van der Waals surface area contributed by atoms with Crippen molar-refractivity contribution in [2.45, 2.75) is 43.5 Å². The normalized spacial score (nSPS) is 18.6. The Kier molecular flexibility index (Phi) is 7.99. The van der Waals surface area contributed by atoms with Crippen molar-refractivity contribution in [1.82, 2.24) is 9.21 Å². The summed E-state index contributed by atoms with van der Waals surface area (Å²) in [6, 6.07) is 22.9. The second-order valence-electron chi connectivity index (χ2n) is 10.1. The van der Waals surface area contributed by atoms with Crippen molar-refractivity contribution in [1.29, 1.82) is 0 Å². The van der Waals surface area contributed by atoms with Gasteiger partial charge in [-0.15, -0.1) is 0 Å². The van der Waals surface area contributed by atoms with Crippen molar-refractivity contribution in [2.75, 3.05) is 25.0 Å². The average molecular weight is 548 g/mol. The van der Waals surface area contributed by atoms with Crippen molar-refractivity contribution in [3.63, 3.8) is 0 Å². The molecule has 2 amide bonds. The molecule has 0 aromatic heterocycles. The molecule has 0 spiro atoms. The Labute approximate surface area is 229 Å². The fraction of sp³-hybridized carbons (Fsp3) is 0.333. The molecule has 5 rings (SSSR count). The van der Waals surface area contributed by atoms with Crippen LogP contribution in [-0.2, 0) is 19.6 Å². The molecule has 1 N–H and O–H groups in total. The van der Waals surface area contributed by atoms with Gasteiger partial charge in [0.1, 0.15) is 17.5 Å². The third-order valence-corrected chi connectivity index (χ3v) is 9.31.